The number of allylic oxidation sites excluding steroid dienone is 1. The molecule has 0 bridgehead atoms. The summed E-state index contributed by atoms with van der Waals surface area (Å²) in [5.74, 6) is 1.05. The summed E-state index contributed by atoms with van der Waals surface area (Å²) in [6, 6.07) is 8.11. The third-order valence-electron chi connectivity index (χ3n) is 4.20. The van der Waals surface area contributed by atoms with Gasteiger partial charge in [0.2, 0.25) is 5.89 Å². The summed E-state index contributed by atoms with van der Waals surface area (Å²) >= 11 is 1.45. The van der Waals surface area contributed by atoms with Crippen molar-refractivity contribution in [3.8, 4) is 0 Å². The highest BCUT2D eigenvalue weighted by atomic mass is 32.2. The van der Waals surface area contributed by atoms with Crippen LogP contribution in [-0.2, 0) is 18.7 Å². The quantitative estimate of drug-likeness (QED) is 0.497. The molecule has 0 aliphatic heterocycles. The minimum Gasteiger partial charge on any atom is -0.416 e. The Morgan fingerprint density at radius 1 is 1.26 bits per heavy atom. The van der Waals surface area contributed by atoms with E-state index < -0.39 is 5.69 Å². The Balaban J connectivity index is 1.77. The highest BCUT2D eigenvalue weighted by Crippen LogP contribution is 2.23. The molecule has 0 unspecified atom stereocenters. The van der Waals surface area contributed by atoms with Crippen LogP contribution in [0, 0.1) is 13.8 Å². The van der Waals surface area contributed by atoms with Gasteiger partial charge in [-0.05, 0) is 25.0 Å². The SMILES string of the molecule is C=CCn1c(=O)[nH]c(C)c(Cc2nnc(SCc3ccccc3C)o2)c1=O. The predicted octanol–water partition coefficient (Wildman–Crippen LogP) is 2.61. The molecule has 2 aromatic heterocycles. The zero-order valence-corrected chi connectivity index (χ0v) is 16.0. The summed E-state index contributed by atoms with van der Waals surface area (Å²) in [5.41, 5.74) is 2.50. The lowest BCUT2D eigenvalue weighted by molar-refractivity contribution is 0.419. The van der Waals surface area contributed by atoms with Crippen molar-refractivity contribution in [1.29, 1.82) is 0 Å². The van der Waals surface area contributed by atoms with Gasteiger partial charge in [-0.1, -0.05) is 42.1 Å². The summed E-state index contributed by atoms with van der Waals surface area (Å²) in [4.78, 5) is 27.1. The third-order valence-corrected chi connectivity index (χ3v) is 5.06. The highest BCUT2D eigenvalue weighted by molar-refractivity contribution is 7.98. The number of nitrogens with one attached hydrogen (secondary N) is 1. The van der Waals surface area contributed by atoms with E-state index in [2.05, 4.69) is 40.8 Å². The van der Waals surface area contributed by atoms with Crippen molar-refractivity contribution in [2.75, 3.05) is 0 Å². The number of nitrogens with zero attached hydrogens (tertiary/aromatic N) is 3. The van der Waals surface area contributed by atoms with Gasteiger partial charge < -0.3 is 9.40 Å². The lowest BCUT2D eigenvalue weighted by Crippen LogP contribution is -2.37. The standard InChI is InChI=1S/C19H20N4O3S/c1-4-9-23-17(24)15(13(3)20-18(23)25)10-16-21-22-19(26-16)27-11-14-8-6-5-7-12(14)2/h4-8H,1,9-11H2,2-3H3,(H,20,25). The number of aromatic nitrogens is 4. The van der Waals surface area contributed by atoms with Gasteiger partial charge in [-0.3, -0.25) is 9.36 Å². The topological polar surface area (TPSA) is 93.8 Å². The Hall–Kier alpha value is -2.87. The van der Waals surface area contributed by atoms with Crippen LogP contribution in [0.15, 0.2) is 56.1 Å². The zero-order chi connectivity index (χ0) is 19.4. The molecule has 0 aliphatic rings. The monoisotopic (exact) mass is 384 g/mol. The largest absolute Gasteiger partial charge is 0.416 e. The summed E-state index contributed by atoms with van der Waals surface area (Å²) in [5, 5.41) is 8.52. The van der Waals surface area contributed by atoms with E-state index >= 15 is 0 Å². The average molecular weight is 384 g/mol. The maximum Gasteiger partial charge on any atom is 0.328 e. The molecule has 0 atom stereocenters. The van der Waals surface area contributed by atoms with E-state index in [1.54, 1.807) is 6.92 Å². The number of thioether (sulfide) groups is 1. The van der Waals surface area contributed by atoms with Crippen molar-refractivity contribution in [1.82, 2.24) is 19.7 Å². The van der Waals surface area contributed by atoms with E-state index in [1.807, 2.05) is 12.1 Å². The van der Waals surface area contributed by atoms with Crippen molar-refractivity contribution < 1.29 is 4.42 Å². The third kappa shape index (κ3) is 4.28. The van der Waals surface area contributed by atoms with E-state index in [-0.39, 0.29) is 18.5 Å². The maximum atomic E-state index is 12.6. The second-order valence-electron chi connectivity index (χ2n) is 6.09. The van der Waals surface area contributed by atoms with Crippen LogP contribution >= 0.6 is 11.8 Å². The van der Waals surface area contributed by atoms with E-state index in [1.165, 1.54) is 29.0 Å². The van der Waals surface area contributed by atoms with Gasteiger partial charge in [0.1, 0.15) is 0 Å². The summed E-state index contributed by atoms with van der Waals surface area (Å²) in [6.07, 6.45) is 1.67. The lowest BCUT2D eigenvalue weighted by atomic mass is 10.1. The van der Waals surface area contributed by atoms with Crippen molar-refractivity contribution >= 4 is 11.8 Å². The molecule has 27 heavy (non-hydrogen) atoms. The van der Waals surface area contributed by atoms with Gasteiger partial charge in [-0.2, -0.15) is 0 Å². The van der Waals surface area contributed by atoms with E-state index in [0.717, 1.165) is 10.3 Å². The van der Waals surface area contributed by atoms with Gasteiger partial charge in [0.15, 0.2) is 0 Å². The average Bonchev–Trinajstić information content (AvgIpc) is 3.09. The Bertz CT molecular complexity index is 1080. The van der Waals surface area contributed by atoms with Gasteiger partial charge in [0.05, 0.1) is 6.42 Å². The number of benzene rings is 1. The summed E-state index contributed by atoms with van der Waals surface area (Å²) < 4.78 is 6.77. The van der Waals surface area contributed by atoms with Gasteiger partial charge in [0, 0.05) is 23.6 Å². The molecule has 0 amide bonds. The molecular weight excluding hydrogens is 364 g/mol. The number of aromatic amines is 1. The van der Waals surface area contributed by atoms with E-state index in [4.69, 9.17) is 4.42 Å². The maximum absolute atomic E-state index is 12.6. The highest BCUT2D eigenvalue weighted by Gasteiger charge is 2.15. The fourth-order valence-electron chi connectivity index (χ4n) is 2.65. The lowest BCUT2D eigenvalue weighted by Gasteiger charge is -2.06. The molecule has 0 spiro atoms. The Morgan fingerprint density at radius 2 is 2.04 bits per heavy atom. The minimum atomic E-state index is -0.457. The molecule has 1 N–H and O–H groups in total. The van der Waals surface area contributed by atoms with Gasteiger partial charge in [0.25, 0.3) is 10.8 Å². The molecule has 1 aromatic carbocycles. The molecule has 3 aromatic rings. The molecule has 140 valence electrons. The first-order chi connectivity index (χ1) is 13.0. The van der Waals surface area contributed by atoms with Gasteiger partial charge in [-0.25, -0.2) is 4.79 Å². The normalized spacial score (nSPS) is 10.9. The van der Waals surface area contributed by atoms with Crippen molar-refractivity contribution in [2.24, 2.45) is 0 Å². The van der Waals surface area contributed by atoms with Crippen LogP contribution in [0.3, 0.4) is 0 Å². The van der Waals surface area contributed by atoms with Crippen LogP contribution in [0.5, 0.6) is 0 Å². The van der Waals surface area contributed by atoms with Crippen LogP contribution in [0.4, 0.5) is 0 Å². The fourth-order valence-corrected chi connectivity index (χ4v) is 3.51. The number of H-pyrrole nitrogens is 1. The molecule has 2 heterocycles. The van der Waals surface area contributed by atoms with Crippen LogP contribution < -0.4 is 11.2 Å². The number of aryl methyl sites for hydroxylation is 2. The first-order valence-electron chi connectivity index (χ1n) is 8.42. The zero-order valence-electron chi connectivity index (χ0n) is 15.2. The molecular formula is C19H20N4O3S. The van der Waals surface area contributed by atoms with Gasteiger partial charge in [-0.15, -0.1) is 16.8 Å². The van der Waals surface area contributed by atoms with Gasteiger partial charge >= 0.3 is 5.69 Å². The molecule has 0 saturated heterocycles. The van der Waals surface area contributed by atoms with Crippen molar-refractivity contribution in [3.63, 3.8) is 0 Å². The predicted molar refractivity (Wildman–Crippen MR) is 104 cm³/mol. The second kappa shape index (κ2) is 8.22. The molecule has 8 heteroatoms. The first-order valence-corrected chi connectivity index (χ1v) is 9.41. The molecule has 0 fully saturated rings. The first kappa shape index (κ1) is 18.9. The number of hydrogen-bond donors (Lipinski definition) is 1. The van der Waals surface area contributed by atoms with Crippen LogP contribution in [0.25, 0.3) is 0 Å². The Morgan fingerprint density at radius 3 is 2.78 bits per heavy atom. The van der Waals surface area contributed by atoms with Crippen LogP contribution in [-0.4, -0.2) is 19.7 Å². The summed E-state index contributed by atoms with van der Waals surface area (Å²) in [6.45, 7) is 7.45. The van der Waals surface area contributed by atoms with Crippen molar-refractivity contribution in [3.05, 3.63) is 86.0 Å². The minimum absolute atomic E-state index is 0.142. The van der Waals surface area contributed by atoms with Crippen molar-refractivity contribution in [2.45, 2.75) is 37.8 Å². The van der Waals surface area contributed by atoms with Crippen LogP contribution in [0.2, 0.25) is 0 Å². The molecule has 0 aliphatic carbocycles. The van der Waals surface area contributed by atoms with E-state index in [0.29, 0.717) is 22.4 Å². The fraction of sp³-hybridized carbons (Fsp3) is 0.263. The number of rotatable bonds is 7. The van der Waals surface area contributed by atoms with E-state index in [9.17, 15) is 9.59 Å². The molecule has 0 radical (unpaired) electrons. The molecule has 7 nitrogen and oxygen atoms in total. The Labute approximate surface area is 160 Å². The molecule has 3 rings (SSSR count). The smallest absolute Gasteiger partial charge is 0.328 e. The Kier molecular flexibility index (Phi) is 5.75. The van der Waals surface area contributed by atoms with Crippen LogP contribution in [0.1, 0.15) is 28.3 Å². The summed E-state index contributed by atoms with van der Waals surface area (Å²) in [7, 11) is 0. The second-order valence-corrected chi connectivity index (χ2v) is 7.02. The number of hydrogen-bond acceptors (Lipinski definition) is 6. The molecule has 0 saturated carbocycles.